The number of nitrogens with zero attached hydrogens (tertiary/aromatic N) is 1. The van der Waals surface area contributed by atoms with E-state index in [-0.39, 0.29) is 28.6 Å². The second kappa shape index (κ2) is 6.48. The molecular formula is C16H11F6NO3S. The lowest BCUT2D eigenvalue weighted by Gasteiger charge is -2.34. The number of anilines is 1. The van der Waals surface area contributed by atoms with Gasteiger partial charge in [-0.2, -0.15) is 26.3 Å². The largest absolute Gasteiger partial charge is 0.459 e. The molecule has 2 heterocycles. The molecule has 0 unspecified atom stereocenters. The van der Waals surface area contributed by atoms with Crippen molar-refractivity contribution >= 4 is 23.4 Å². The Hall–Kier alpha value is -2.14. The minimum Gasteiger partial charge on any atom is -0.459 e. The monoisotopic (exact) mass is 411 g/mol. The first-order valence-corrected chi connectivity index (χ1v) is 8.44. The predicted octanol–water partition coefficient (Wildman–Crippen LogP) is 4.34. The summed E-state index contributed by atoms with van der Waals surface area (Å²) in [5.74, 6) is -0.338. The van der Waals surface area contributed by atoms with Crippen molar-refractivity contribution in [2.45, 2.75) is 22.8 Å². The van der Waals surface area contributed by atoms with E-state index < -0.39 is 29.4 Å². The van der Waals surface area contributed by atoms with Crippen molar-refractivity contribution in [3.8, 4) is 0 Å². The lowest BCUT2D eigenvalue weighted by molar-refractivity contribution is -0.376. The van der Waals surface area contributed by atoms with Crippen molar-refractivity contribution in [3.05, 3.63) is 47.9 Å². The molecule has 1 aromatic carbocycles. The highest BCUT2D eigenvalue weighted by Gasteiger charge is 2.71. The third-order valence-electron chi connectivity index (χ3n) is 4.04. The lowest BCUT2D eigenvalue weighted by atomic mass is 9.92. The van der Waals surface area contributed by atoms with Crippen molar-refractivity contribution in [1.82, 2.24) is 0 Å². The zero-order chi connectivity index (χ0) is 20.0. The van der Waals surface area contributed by atoms with Crippen molar-refractivity contribution in [1.29, 1.82) is 0 Å². The number of carbonyl (C=O) groups is 1. The van der Waals surface area contributed by atoms with Gasteiger partial charge in [0.15, 0.2) is 5.76 Å². The molecule has 146 valence electrons. The average molecular weight is 411 g/mol. The summed E-state index contributed by atoms with van der Waals surface area (Å²) in [5.41, 5.74) is -6.23. The van der Waals surface area contributed by atoms with Crippen LogP contribution in [0.15, 0.2) is 45.9 Å². The van der Waals surface area contributed by atoms with Crippen LogP contribution in [0, 0.1) is 0 Å². The summed E-state index contributed by atoms with van der Waals surface area (Å²) >= 11 is 0.988. The smallest absolute Gasteiger partial charge is 0.430 e. The van der Waals surface area contributed by atoms with E-state index in [9.17, 15) is 36.2 Å². The van der Waals surface area contributed by atoms with Crippen molar-refractivity contribution in [2.75, 3.05) is 17.2 Å². The molecule has 0 saturated carbocycles. The van der Waals surface area contributed by atoms with Gasteiger partial charge in [-0.05, 0) is 24.3 Å². The summed E-state index contributed by atoms with van der Waals surface area (Å²) in [6, 6.07) is 4.96. The molecule has 1 aliphatic rings. The van der Waals surface area contributed by atoms with E-state index in [4.69, 9.17) is 4.42 Å². The molecule has 0 atom stereocenters. The van der Waals surface area contributed by atoms with Crippen molar-refractivity contribution in [3.63, 3.8) is 0 Å². The fourth-order valence-electron chi connectivity index (χ4n) is 2.68. The molecule has 0 fully saturated rings. The van der Waals surface area contributed by atoms with Gasteiger partial charge >= 0.3 is 12.4 Å². The number of rotatable bonds is 2. The van der Waals surface area contributed by atoms with Gasteiger partial charge in [0.2, 0.25) is 0 Å². The lowest BCUT2D eigenvalue weighted by Crippen LogP contribution is -2.54. The number of fused-ring (bicyclic) bond motifs is 1. The highest BCUT2D eigenvalue weighted by molar-refractivity contribution is 7.99. The van der Waals surface area contributed by atoms with Gasteiger partial charge < -0.3 is 14.4 Å². The summed E-state index contributed by atoms with van der Waals surface area (Å²) in [7, 11) is 0. The van der Waals surface area contributed by atoms with Gasteiger partial charge in [-0.3, -0.25) is 4.79 Å². The van der Waals surface area contributed by atoms with Crippen LogP contribution in [0.4, 0.5) is 32.0 Å². The number of halogens is 6. The molecule has 1 aromatic heterocycles. The number of benzene rings is 1. The van der Waals surface area contributed by atoms with Gasteiger partial charge in [-0.25, -0.2) is 0 Å². The third kappa shape index (κ3) is 3.18. The maximum atomic E-state index is 13.1. The Balaban J connectivity index is 2.05. The summed E-state index contributed by atoms with van der Waals surface area (Å²) in [5, 5.41) is 9.53. The minimum atomic E-state index is -5.97. The van der Waals surface area contributed by atoms with Crippen molar-refractivity contribution in [2.24, 2.45) is 0 Å². The topological polar surface area (TPSA) is 53.7 Å². The van der Waals surface area contributed by atoms with Crippen LogP contribution in [0.5, 0.6) is 0 Å². The van der Waals surface area contributed by atoms with Crippen LogP contribution in [-0.4, -0.2) is 35.7 Å². The normalized spacial score (nSPS) is 15.6. The van der Waals surface area contributed by atoms with Crippen LogP contribution in [0.25, 0.3) is 0 Å². The molecule has 0 radical (unpaired) electrons. The zero-order valence-electron chi connectivity index (χ0n) is 13.3. The number of amides is 1. The van der Waals surface area contributed by atoms with Crippen LogP contribution in [-0.2, 0) is 5.60 Å². The molecule has 4 nitrogen and oxygen atoms in total. The Morgan fingerprint density at radius 1 is 1.11 bits per heavy atom. The number of furan rings is 1. The van der Waals surface area contributed by atoms with Gasteiger partial charge in [-0.15, -0.1) is 11.8 Å². The molecule has 3 rings (SSSR count). The van der Waals surface area contributed by atoms with E-state index in [0.29, 0.717) is 12.1 Å². The first-order valence-electron chi connectivity index (χ1n) is 7.45. The van der Waals surface area contributed by atoms with Crippen LogP contribution in [0.3, 0.4) is 0 Å². The second-order valence-corrected chi connectivity index (χ2v) is 6.81. The highest BCUT2D eigenvalue weighted by Crippen LogP contribution is 2.51. The van der Waals surface area contributed by atoms with E-state index in [1.54, 1.807) is 0 Å². The molecular weight excluding hydrogens is 400 g/mol. The summed E-state index contributed by atoms with van der Waals surface area (Å²) in [4.78, 5) is 13.7. The second-order valence-electron chi connectivity index (χ2n) is 5.67. The Morgan fingerprint density at radius 3 is 2.33 bits per heavy atom. The Bertz CT molecular complexity index is 833. The number of alkyl halides is 6. The summed E-state index contributed by atoms with van der Waals surface area (Å²) in [6.07, 6.45) is -10.7. The first-order chi connectivity index (χ1) is 12.5. The molecule has 0 aliphatic carbocycles. The van der Waals surface area contributed by atoms with E-state index in [1.807, 2.05) is 0 Å². The van der Waals surface area contributed by atoms with Gasteiger partial charge in [0.1, 0.15) is 0 Å². The molecule has 0 spiro atoms. The van der Waals surface area contributed by atoms with E-state index in [0.717, 1.165) is 17.8 Å². The molecule has 0 bridgehead atoms. The number of aliphatic hydroxyl groups is 1. The molecule has 2 aromatic rings. The summed E-state index contributed by atoms with van der Waals surface area (Å²) < 4.78 is 83.3. The standard InChI is InChI=1S/C16H11F6NO3S/c17-15(18,19)14(25,16(20,21)22)9-3-4-10-12(8-9)27-7-5-23(10)13(24)11-2-1-6-26-11/h1-4,6,8,25H,5,7H2. The Morgan fingerprint density at radius 2 is 1.78 bits per heavy atom. The fraction of sp³-hybridized carbons (Fsp3) is 0.312. The maximum absolute atomic E-state index is 13.1. The molecule has 11 heteroatoms. The predicted molar refractivity (Wildman–Crippen MR) is 83.6 cm³/mol. The number of thioether (sulfide) groups is 1. The van der Waals surface area contributed by atoms with Crippen molar-refractivity contribution < 1.29 is 40.7 Å². The van der Waals surface area contributed by atoms with E-state index >= 15 is 0 Å². The molecule has 1 N–H and O–H groups in total. The number of hydrogen-bond acceptors (Lipinski definition) is 4. The quantitative estimate of drug-likeness (QED) is 0.747. The number of carbonyl (C=O) groups excluding carboxylic acids is 1. The van der Waals surface area contributed by atoms with Gasteiger partial charge in [0.05, 0.1) is 12.0 Å². The van der Waals surface area contributed by atoms with E-state index in [1.165, 1.54) is 23.3 Å². The van der Waals surface area contributed by atoms with Crippen LogP contribution in [0.1, 0.15) is 16.1 Å². The van der Waals surface area contributed by atoms with Gasteiger partial charge in [0.25, 0.3) is 11.5 Å². The minimum absolute atomic E-state index is 0.0148. The SMILES string of the molecule is O=C(c1ccco1)N1CCSc2cc(C(O)(C(F)(F)F)C(F)(F)F)ccc21. The number of hydrogen-bond donors (Lipinski definition) is 1. The maximum Gasteiger partial charge on any atom is 0.430 e. The third-order valence-corrected chi connectivity index (χ3v) is 5.06. The average Bonchev–Trinajstić information content (AvgIpc) is 3.12. The van der Waals surface area contributed by atoms with Crippen LogP contribution < -0.4 is 4.90 Å². The molecule has 27 heavy (non-hydrogen) atoms. The van der Waals surface area contributed by atoms with Crippen LogP contribution >= 0.6 is 11.8 Å². The zero-order valence-corrected chi connectivity index (χ0v) is 14.1. The molecule has 1 aliphatic heterocycles. The molecule has 0 saturated heterocycles. The molecule has 1 amide bonds. The fourth-order valence-corrected chi connectivity index (χ4v) is 3.71. The highest BCUT2D eigenvalue weighted by atomic mass is 32.2. The Kier molecular flexibility index (Phi) is 4.71. The van der Waals surface area contributed by atoms with E-state index in [2.05, 4.69) is 0 Å². The van der Waals surface area contributed by atoms with Crippen LogP contribution in [0.2, 0.25) is 0 Å². The first kappa shape index (κ1) is 19.6. The Labute approximate surface area is 152 Å². The van der Waals surface area contributed by atoms with Gasteiger partial charge in [-0.1, -0.05) is 6.07 Å². The van der Waals surface area contributed by atoms with Gasteiger partial charge in [0, 0.05) is 22.8 Å². The summed E-state index contributed by atoms with van der Waals surface area (Å²) in [6.45, 7) is 0.194.